The first-order valence-corrected chi connectivity index (χ1v) is 7.99. The minimum absolute atomic E-state index is 0.177. The molecule has 3 rings (SSSR count). The lowest BCUT2D eigenvalue weighted by molar-refractivity contribution is 0.355. The van der Waals surface area contributed by atoms with Gasteiger partial charge in [-0.2, -0.15) is 0 Å². The molecule has 0 unspecified atom stereocenters. The van der Waals surface area contributed by atoms with Crippen LogP contribution in [0.5, 0.6) is 0 Å². The van der Waals surface area contributed by atoms with Gasteiger partial charge in [0.2, 0.25) is 0 Å². The summed E-state index contributed by atoms with van der Waals surface area (Å²) in [6.07, 6.45) is 2.76. The Labute approximate surface area is 127 Å². The highest BCUT2D eigenvalue weighted by Crippen LogP contribution is 2.21. The van der Waals surface area contributed by atoms with Crippen LogP contribution in [0.2, 0.25) is 0 Å². The van der Waals surface area contributed by atoms with Crippen LogP contribution in [0.15, 0.2) is 52.1 Å². The molecule has 5 heteroatoms. The third-order valence-electron chi connectivity index (χ3n) is 3.30. The smallest absolute Gasteiger partial charge is 0.159 e. The number of thioether (sulfide) groups is 1. The van der Waals surface area contributed by atoms with Crippen LogP contribution in [-0.4, -0.2) is 22.4 Å². The Hall–Kier alpha value is -1.75. The van der Waals surface area contributed by atoms with Crippen molar-refractivity contribution in [3.05, 3.63) is 59.8 Å². The molecule has 110 valence electrons. The molecule has 0 aliphatic carbocycles. The first kappa shape index (κ1) is 14.2. The van der Waals surface area contributed by atoms with E-state index in [1.165, 1.54) is 6.07 Å². The van der Waals surface area contributed by atoms with Gasteiger partial charge in [-0.05, 0) is 24.6 Å². The summed E-state index contributed by atoms with van der Waals surface area (Å²) >= 11 is 1.73. The van der Waals surface area contributed by atoms with Crippen molar-refractivity contribution in [2.45, 2.75) is 19.5 Å². The highest BCUT2D eigenvalue weighted by atomic mass is 32.2. The number of hydrogen-bond donors (Lipinski definition) is 0. The van der Waals surface area contributed by atoms with Crippen LogP contribution >= 0.6 is 11.8 Å². The fourth-order valence-corrected chi connectivity index (χ4v) is 3.20. The zero-order chi connectivity index (χ0) is 14.5. The van der Waals surface area contributed by atoms with Gasteiger partial charge in [0.05, 0.1) is 12.8 Å². The van der Waals surface area contributed by atoms with Crippen molar-refractivity contribution in [3.63, 3.8) is 0 Å². The Morgan fingerprint density at radius 3 is 2.81 bits per heavy atom. The van der Waals surface area contributed by atoms with E-state index >= 15 is 0 Å². The molecule has 2 heterocycles. The maximum Gasteiger partial charge on any atom is 0.159 e. The number of nitrogens with zero attached hydrogens (tertiary/aromatic N) is 2. The topological polar surface area (TPSA) is 28.7 Å². The Morgan fingerprint density at radius 1 is 1.19 bits per heavy atom. The number of hydrogen-bond acceptors (Lipinski definition) is 4. The van der Waals surface area contributed by atoms with Crippen molar-refractivity contribution < 1.29 is 8.81 Å². The van der Waals surface area contributed by atoms with Gasteiger partial charge in [0, 0.05) is 24.4 Å². The zero-order valence-corrected chi connectivity index (χ0v) is 12.5. The summed E-state index contributed by atoms with van der Waals surface area (Å²) in [5.74, 6) is 1.74. The average Bonchev–Trinajstić information content (AvgIpc) is 3.03. The lowest BCUT2D eigenvalue weighted by Crippen LogP contribution is -2.30. The van der Waals surface area contributed by atoms with E-state index in [-0.39, 0.29) is 5.82 Å². The summed E-state index contributed by atoms with van der Waals surface area (Å²) in [4.78, 5) is 6.66. The molecule has 0 spiro atoms. The van der Waals surface area contributed by atoms with Gasteiger partial charge in [0.1, 0.15) is 11.6 Å². The van der Waals surface area contributed by atoms with E-state index in [2.05, 4.69) is 9.89 Å². The number of furan rings is 1. The van der Waals surface area contributed by atoms with E-state index in [0.717, 1.165) is 29.6 Å². The molecule has 1 aliphatic rings. The van der Waals surface area contributed by atoms with Crippen LogP contribution in [0, 0.1) is 5.82 Å². The van der Waals surface area contributed by atoms with Crippen LogP contribution in [0.3, 0.4) is 0 Å². The number of benzene rings is 1. The van der Waals surface area contributed by atoms with E-state index in [4.69, 9.17) is 4.42 Å². The monoisotopic (exact) mass is 304 g/mol. The number of amidine groups is 1. The fraction of sp³-hybridized carbons (Fsp3) is 0.312. The molecule has 21 heavy (non-hydrogen) atoms. The lowest BCUT2D eigenvalue weighted by atomic mass is 10.2. The Morgan fingerprint density at radius 2 is 2.10 bits per heavy atom. The van der Waals surface area contributed by atoms with E-state index in [0.29, 0.717) is 18.7 Å². The van der Waals surface area contributed by atoms with Gasteiger partial charge in [-0.1, -0.05) is 30.0 Å². The zero-order valence-electron chi connectivity index (χ0n) is 11.7. The molecule has 3 nitrogen and oxygen atoms in total. The fourth-order valence-electron chi connectivity index (χ4n) is 2.25. The molecule has 1 aliphatic heterocycles. The molecule has 0 atom stereocenters. The molecule has 1 aromatic carbocycles. The quantitative estimate of drug-likeness (QED) is 0.857. The summed E-state index contributed by atoms with van der Waals surface area (Å²) in [6.45, 7) is 1.95. The van der Waals surface area contributed by atoms with Crippen molar-refractivity contribution >= 4 is 16.9 Å². The second-order valence-corrected chi connectivity index (χ2v) is 5.96. The van der Waals surface area contributed by atoms with E-state index in [9.17, 15) is 4.39 Å². The van der Waals surface area contributed by atoms with Gasteiger partial charge in [-0.3, -0.25) is 4.99 Å². The van der Waals surface area contributed by atoms with Gasteiger partial charge in [-0.25, -0.2) is 4.39 Å². The minimum atomic E-state index is -0.177. The second-order valence-electron chi connectivity index (χ2n) is 4.89. The van der Waals surface area contributed by atoms with Crippen LogP contribution < -0.4 is 0 Å². The van der Waals surface area contributed by atoms with Crippen molar-refractivity contribution in [3.8, 4) is 0 Å². The Bertz CT molecular complexity index is 612. The minimum Gasteiger partial charge on any atom is -0.467 e. The largest absolute Gasteiger partial charge is 0.467 e. The van der Waals surface area contributed by atoms with Gasteiger partial charge in [0.25, 0.3) is 0 Å². The summed E-state index contributed by atoms with van der Waals surface area (Å²) in [5, 5.41) is 0.973. The van der Waals surface area contributed by atoms with Crippen molar-refractivity contribution in [2.75, 3.05) is 12.3 Å². The predicted molar refractivity (Wildman–Crippen MR) is 83.7 cm³/mol. The summed E-state index contributed by atoms with van der Waals surface area (Å²) < 4.78 is 19.3. The standard InChI is InChI=1S/C16H17FN2OS/c17-15-7-2-1-5-13(15)11-19(12-14-6-3-9-20-14)16-18-8-4-10-21-16/h1-3,5-7,9H,4,8,10-12H2. The molecule has 2 aromatic rings. The van der Waals surface area contributed by atoms with E-state index < -0.39 is 0 Å². The number of aliphatic imine (C=N–C) groups is 1. The average molecular weight is 304 g/mol. The SMILES string of the molecule is Fc1ccccc1CN(Cc1ccco1)C1=NCCCS1. The van der Waals surface area contributed by atoms with Gasteiger partial charge in [-0.15, -0.1) is 0 Å². The molecule has 0 N–H and O–H groups in total. The van der Waals surface area contributed by atoms with Crippen molar-refractivity contribution in [1.82, 2.24) is 4.90 Å². The predicted octanol–water partition coefficient (Wildman–Crippen LogP) is 3.91. The molecule has 0 amide bonds. The van der Waals surface area contributed by atoms with Crippen LogP contribution in [0.4, 0.5) is 4.39 Å². The molecular weight excluding hydrogens is 287 g/mol. The lowest BCUT2D eigenvalue weighted by Gasteiger charge is -2.27. The highest BCUT2D eigenvalue weighted by molar-refractivity contribution is 8.13. The Balaban J connectivity index is 1.81. The molecule has 0 fully saturated rings. The molecule has 0 radical (unpaired) electrons. The molecular formula is C16H17FN2OS. The van der Waals surface area contributed by atoms with Crippen LogP contribution in [0.1, 0.15) is 17.7 Å². The summed E-state index contributed by atoms with van der Waals surface area (Å²) in [6, 6.07) is 10.7. The van der Waals surface area contributed by atoms with Gasteiger partial charge >= 0.3 is 0 Å². The maximum atomic E-state index is 13.9. The number of rotatable bonds is 4. The van der Waals surface area contributed by atoms with E-state index in [1.54, 1.807) is 24.1 Å². The molecule has 0 saturated carbocycles. The first-order chi connectivity index (χ1) is 10.3. The van der Waals surface area contributed by atoms with Gasteiger partial charge in [0.15, 0.2) is 5.17 Å². The van der Waals surface area contributed by atoms with Crippen LogP contribution in [0.25, 0.3) is 0 Å². The third kappa shape index (κ3) is 3.67. The molecule has 0 bridgehead atoms. The van der Waals surface area contributed by atoms with E-state index in [1.807, 2.05) is 24.3 Å². The van der Waals surface area contributed by atoms with Crippen LogP contribution in [-0.2, 0) is 13.1 Å². The normalized spacial score (nSPS) is 14.8. The maximum absolute atomic E-state index is 13.9. The number of halogens is 1. The Kier molecular flexibility index (Phi) is 4.60. The first-order valence-electron chi connectivity index (χ1n) is 7.01. The molecule has 1 aromatic heterocycles. The summed E-state index contributed by atoms with van der Waals surface area (Å²) in [7, 11) is 0. The second kappa shape index (κ2) is 6.80. The van der Waals surface area contributed by atoms with Gasteiger partial charge < -0.3 is 9.32 Å². The van der Waals surface area contributed by atoms with Crippen molar-refractivity contribution in [1.29, 1.82) is 0 Å². The van der Waals surface area contributed by atoms with Crippen molar-refractivity contribution in [2.24, 2.45) is 4.99 Å². The third-order valence-corrected chi connectivity index (χ3v) is 4.44. The highest BCUT2D eigenvalue weighted by Gasteiger charge is 2.18. The summed E-state index contributed by atoms with van der Waals surface area (Å²) in [5.41, 5.74) is 0.679. The molecule has 0 saturated heterocycles.